The minimum Gasteiger partial charge on any atom is -0.490 e. The van der Waals surface area contributed by atoms with Gasteiger partial charge in [-0.15, -0.1) is 0 Å². The fourth-order valence-corrected chi connectivity index (χ4v) is 2.39. The Morgan fingerprint density at radius 3 is 2.85 bits per heavy atom. The molecule has 0 spiro atoms. The van der Waals surface area contributed by atoms with E-state index in [1.807, 2.05) is 13.0 Å². The van der Waals surface area contributed by atoms with Crippen molar-refractivity contribution in [2.75, 3.05) is 17.7 Å². The van der Waals surface area contributed by atoms with Crippen molar-refractivity contribution < 1.29 is 13.9 Å². The van der Waals surface area contributed by atoms with Crippen molar-refractivity contribution in [3.8, 4) is 5.75 Å². The third kappa shape index (κ3) is 5.31. The predicted octanol–water partition coefficient (Wildman–Crippen LogP) is 4.49. The molecule has 26 heavy (non-hydrogen) atoms. The number of nitrogen functional groups attached to an aromatic ring is 1. The van der Waals surface area contributed by atoms with Gasteiger partial charge in [0.2, 0.25) is 0 Å². The first kappa shape index (κ1) is 19.4. The zero-order chi connectivity index (χ0) is 18.9. The smallest absolute Gasteiger partial charge is 0.259 e. The molecule has 1 aromatic carbocycles. The molecule has 0 saturated carbocycles. The number of aromatic nitrogens is 1. The molecular weight excluding hydrogens is 333 g/mol. The highest BCUT2D eigenvalue weighted by Crippen LogP contribution is 2.25. The molecule has 0 atom stereocenters. The molecule has 5 nitrogen and oxygen atoms in total. The SMILES string of the molecule is CC=CCCCCOc1cccc(NC(=O)c2ccc(C)nc2N)c1F. The first-order chi connectivity index (χ1) is 12.5. The molecule has 0 radical (unpaired) electrons. The number of carbonyl (C=O) groups excluding carboxylic acids is 1. The summed E-state index contributed by atoms with van der Waals surface area (Å²) in [7, 11) is 0. The number of unbranched alkanes of at least 4 members (excludes halogenated alkanes) is 2. The van der Waals surface area contributed by atoms with Crippen LogP contribution in [0.5, 0.6) is 5.75 Å². The lowest BCUT2D eigenvalue weighted by molar-refractivity contribution is 0.102. The number of allylic oxidation sites excluding steroid dienone is 2. The van der Waals surface area contributed by atoms with Crippen LogP contribution in [0.25, 0.3) is 0 Å². The minimum atomic E-state index is -0.604. The van der Waals surface area contributed by atoms with Crippen LogP contribution in [0, 0.1) is 12.7 Å². The van der Waals surface area contributed by atoms with Crippen LogP contribution >= 0.6 is 0 Å². The van der Waals surface area contributed by atoms with Crippen LogP contribution < -0.4 is 15.8 Å². The van der Waals surface area contributed by atoms with E-state index in [0.29, 0.717) is 12.3 Å². The van der Waals surface area contributed by atoms with Gasteiger partial charge >= 0.3 is 0 Å². The van der Waals surface area contributed by atoms with Crippen LogP contribution in [0.3, 0.4) is 0 Å². The second-order valence-electron chi connectivity index (χ2n) is 5.87. The quantitative estimate of drug-likeness (QED) is 0.539. The number of carbonyl (C=O) groups is 1. The number of nitrogens with two attached hydrogens (primary N) is 1. The lowest BCUT2D eigenvalue weighted by Gasteiger charge is -2.12. The van der Waals surface area contributed by atoms with E-state index in [-0.39, 0.29) is 22.8 Å². The number of aryl methyl sites for hydroxylation is 1. The van der Waals surface area contributed by atoms with E-state index < -0.39 is 11.7 Å². The Bertz CT molecular complexity index is 791. The Morgan fingerprint density at radius 2 is 2.12 bits per heavy atom. The normalized spacial score (nSPS) is 10.9. The van der Waals surface area contributed by atoms with Crippen LogP contribution in [0.4, 0.5) is 15.9 Å². The topological polar surface area (TPSA) is 77.2 Å². The first-order valence-electron chi connectivity index (χ1n) is 8.60. The molecule has 1 amide bonds. The van der Waals surface area contributed by atoms with Crippen molar-refractivity contribution in [2.45, 2.75) is 33.1 Å². The van der Waals surface area contributed by atoms with Crippen molar-refractivity contribution in [3.63, 3.8) is 0 Å². The van der Waals surface area contributed by atoms with E-state index in [0.717, 1.165) is 19.3 Å². The van der Waals surface area contributed by atoms with Crippen LogP contribution in [-0.2, 0) is 0 Å². The lowest BCUT2D eigenvalue weighted by Crippen LogP contribution is -2.16. The average Bonchev–Trinajstić information content (AvgIpc) is 2.60. The zero-order valence-corrected chi connectivity index (χ0v) is 15.1. The average molecular weight is 357 g/mol. The third-order valence-electron chi connectivity index (χ3n) is 3.78. The minimum absolute atomic E-state index is 0.0430. The molecule has 0 aliphatic carbocycles. The molecule has 2 rings (SSSR count). The van der Waals surface area contributed by atoms with Gasteiger partial charge in [-0.05, 0) is 57.4 Å². The van der Waals surface area contributed by atoms with Crippen LogP contribution in [0.1, 0.15) is 42.2 Å². The van der Waals surface area contributed by atoms with Crippen LogP contribution in [0.2, 0.25) is 0 Å². The molecule has 0 bridgehead atoms. The summed E-state index contributed by atoms with van der Waals surface area (Å²) in [6, 6.07) is 7.89. The van der Waals surface area contributed by atoms with Gasteiger partial charge in [0.25, 0.3) is 5.91 Å². The van der Waals surface area contributed by atoms with E-state index in [9.17, 15) is 9.18 Å². The Labute approximate surface area is 153 Å². The number of hydrogen-bond donors (Lipinski definition) is 2. The Balaban J connectivity index is 2.00. The summed E-state index contributed by atoms with van der Waals surface area (Å²) < 4.78 is 20.0. The summed E-state index contributed by atoms with van der Waals surface area (Å²) in [6.45, 7) is 4.17. The fourth-order valence-electron chi connectivity index (χ4n) is 2.39. The third-order valence-corrected chi connectivity index (χ3v) is 3.78. The van der Waals surface area contributed by atoms with Gasteiger partial charge in [0.15, 0.2) is 11.6 Å². The highest BCUT2D eigenvalue weighted by molar-refractivity contribution is 6.07. The number of benzene rings is 1. The predicted molar refractivity (Wildman–Crippen MR) is 102 cm³/mol. The zero-order valence-electron chi connectivity index (χ0n) is 15.1. The summed E-state index contributed by atoms with van der Waals surface area (Å²) in [5.74, 6) is -0.898. The van der Waals surface area contributed by atoms with E-state index in [1.54, 1.807) is 31.2 Å². The van der Waals surface area contributed by atoms with Crippen molar-refractivity contribution in [1.82, 2.24) is 4.98 Å². The fraction of sp³-hybridized carbons (Fsp3) is 0.300. The maximum atomic E-state index is 14.5. The van der Waals surface area contributed by atoms with Gasteiger partial charge in [-0.2, -0.15) is 0 Å². The number of nitrogens with zero attached hydrogens (tertiary/aromatic N) is 1. The largest absolute Gasteiger partial charge is 0.490 e. The number of pyridine rings is 1. The second-order valence-corrected chi connectivity index (χ2v) is 5.87. The van der Waals surface area contributed by atoms with Crippen LogP contribution in [-0.4, -0.2) is 17.5 Å². The van der Waals surface area contributed by atoms with Crippen molar-refractivity contribution >= 4 is 17.4 Å². The molecule has 0 unspecified atom stereocenters. The highest BCUT2D eigenvalue weighted by Gasteiger charge is 2.15. The number of halogens is 1. The van der Waals surface area contributed by atoms with E-state index in [4.69, 9.17) is 10.5 Å². The lowest BCUT2D eigenvalue weighted by atomic mass is 10.2. The summed E-state index contributed by atoms with van der Waals surface area (Å²) in [5, 5.41) is 2.52. The molecule has 2 aromatic rings. The van der Waals surface area contributed by atoms with Gasteiger partial charge in [0.05, 0.1) is 17.9 Å². The first-order valence-corrected chi connectivity index (χ1v) is 8.60. The van der Waals surface area contributed by atoms with Crippen molar-refractivity contribution in [1.29, 1.82) is 0 Å². The van der Waals surface area contributed by atoms with Gasteiger partial charge in [0, 0.05) is 5.69 Å². The summed E-state index contributed by atoms with van der Waals surface area (Å²) >= 11 is 0. The van der Waals surface area contributed by atoms with Gasteiger partial charge in [-0.25, -0.2) is 9.37 Å². The standard InChI is InChI=1S/C20H24FN3O2/c1-3-4-5-6-7-13-26-17-10-8-9-16(18(17)21)24-20(25)15-12-11-14(2)23-19(15)22/h3-4,8-12H,5-7,13H2,1-2H3,(H2,22,23)(H,24,25). The number of nitrogens with one attached hydrogen (secondary N) is 1. The molecule has 1 heterocycles. The molecule has 0 aliphatic rings. The van der Waals surface area contributed by atoms with Gasteiger partial charge < -0.3 is 15.8 Å². The number of hydrogen-bond acceptors (Lipinski definition) is 4. The van der Waals surface area contributed by atoms with E-state index in [1.165, 1.54) is 6.07 Å². The second kappa shape index (κ2) is 9.56. The number of rotatable bonds is 8. The van der Waals surface area contributed by atoms with Crippen molar-refractivity contribution in [2.24, 2.45) is 0 Å². The monoisotopic (exact) mass is 357 g/mol. The van der Waals surface area contributed by atoms with Crippen LogP contribution in [0.15, 0.2) is 42.5 Å². The number of ether oxygens (including phenoxy) is 1. The number of amides is 1. The molecule has 6 heteroatoms. The highest BCUT2D eigenvalue weighted by atomic mass is 19.1. The molecular formula is C20H24FN3O2. The Morgan fingerprint density at radius 1 is 1.31 bits per heavy atom. The maximum absolute atomic E-state index is 14.5. The molecule has 3 N–H and O–H groups in total. The molecule has 0 aliphatic heterocycles. The summed E-state index contributed by atoms with van der Waals surface area (Å²) in [4.78, 5) is 16.4. The summed E-state index contributed by atoms with van der Waals surface area (Å²) in [6.07, 6.45) is 6.86. The molecule has 0 fully saturated rings. The van der Waals surface area contributed by atoms with Crippen molar-refractivity contribution in [3.05, 3.63) is 59.6 Å². The Kier molecular flexibility index (Phi) is 7.14. The summed E-state index contributed by atoms with van der Waals surface area (Å²) in [5.41, 5.74) is 6.71. The van der Waals surface area contributed by atoms with Gasteiger partial charge in [-0.3, -0.25) is 4.79 Å². The maximum Gasteiger partial charge on any atom is 0.259 e. The van der Waals surface area contributed by atoms with E-state index in [2.05, 4.69) is 16.4 Å². The molecule has 0 saturated heterocycles. The Hall–Kier alpha value is -2.89. The molecule has 138 valence electrons. The van der Waals surface area contributed by atoms with Gasteiger partial charge in [-0.1, -0.05) is 18.2 Å². The van der Waals surface area contributed by atoms with E-state index >= 15 is 0 Å². The number of anilines is 2. The molecule has 1 aromatic heterocycles. The van der Waals surface area contributed by atoms with Gasteiger partial charge in [0.1, 0.15) is 5.82 Å².